The Morgan fingerprint density at radius 2 is 2.18 bits per heavy atom. The van der Waals surface area contributed by atoms with Gasteiger partial charge in [0.1, 0.15) is 0 Å². The smallest absolute Gasteiger partial charge is 0.224 e. The van der Waals surface area contributed by atoms with E-state index in [0.717, 1.165) is 5.56 Å². The highest BCUT2D eigenvalue weighted by Crippen LogP contribution is 2.11. The van der Waals surface area contributed by atoms with Crippen LogP contribution in [0.25, 0.3) is 0 Å². The lowest BCUT2D eigenvalue weighted by Gasteiger charge is -2.15. The number of carbonyl (C=O) groups is 1. The van der Waals surface area contributed by atoms with Crippen molar-refractivity contribution in [2.24, 2.45) is 5.92 Å². The van der Waals surface area contributed by atoms with Gasteiger partial charge in [-0.15, -0.1) is 0 Å². The molecule has 1 aromatic carbocycles. The van der Waals surface area contributed by atoms with E-state index in [-0.39, 0.29) is 24.8 Å². The van der Waals surface area contributed by atoms with E-state index in [0.29, 0.717) is 5.02 Å². The molecular formula is C13H18ClNO2. The van der Waals surface area contributed by atoms with Crippen molar-refractivity contribution in [3.63, 3.8) is 0 Å². The van der Waals surface area contributed by atoms with Gasteiger partial charge in [0.25, 0.3) is 0 Å². The fourth-order valence-electron chi connectivity index (χ4n) is 1.35. The van der Waals surface area contributed by atoms with Gasteiger partial charge in [-0.25, -0.2) is 0 Å². The van der Waals surface area contributed by atoms with E-state index >= 15 is 0 Å². The predicted octanol–water partition coefficient (Wildman–Crippen LogP) is 2.02. The molecule has 0 saturated heterocycles. The summed E-state index contributed by atoms with van der Waals surface area (Å²) in [6.45, 7) is 4.11. The molecule has 0 aliphatic rings. The van der Waals surface area contributed by atoms with E-state index in [1.165, 1.54) is 0 Å². The van der Waals surface area contributed by atoms with Crippen LogP contribution in [0.3, 0.4) is 0 Å². The van der Waals surface area contributed by atoms with E-state index in [1.54, 1.807) is 12.1 Å². The second-order valence-electron chi connectivity index (χ2n) is 4.42. The van der Waals surface area contributed by atoms with Crippen LogP contribution in [0.15, 0.2) is 24.3 Å². The molecule has 0 fully saturated rings. The SMILES string of the molecule is CC(C)C(O)CNC(=O)Cc1cccc(Cl)c1. The van der Waals surface area contributed by atoms with Crippen LogP contribution >= 0.6 is 11.6 Å². The van der Waals surface area contributed by atoms with Gasteiger partial charge in [0.2, 0.25) is 5.91 Å². The van der Waals surface area contributed by atoms with Crippen molar-refractivity contribution in [3.8, 4) is 0 Å². The number of halogens is 1. The zero-order valence-corrected chi connectivity index (χ0v) is 10.9. The van der Waals surface area contributed by atoms with E-state index in [9.17, 15) is 9.90 Å². The maximum Gasteiger partial charge on any atom is 0.224 e. The van der Waals surface area contributed by atoms with Crippen LogP contribution in [0.4, 0.5) is 0 Å². The molecule has 0 aliphatic carbocycles. The zero-order chi connectivity index (χ0) is 12.8. The quantitative estimate of drug-likeness (QED) is 0.846. The molecule has 4 heteroatoms. The number of hydrogen-bond acceptors (Lipinski definition) is 2. The Morgan fingerprint density at radius 3 is 2.76 bits per heavy atom. The summed E-state index contributed by atoms with van der Waals surface area (Å²) in [7, 11) is 0. The van der Waals surface area contributed by atoms with Crippen molar-refractivity contribution in [2.75, 3.05) is 6.54 Å². The van der Waals surface area contributed by atoms with Crippen LogP contribution in [0.2, 0.25) is 5.02 Å². The van der Waals surface area contributed by atoms with Crippen LogP contribution in [0, 0.1) is 5.92 Å². The largest absolute Gasteiger partial charge is 0.391 e. The van der Waals surface area contributed by atoms with E-state index < -0.39 is 6.10 Å². The van der Waals surface area contributed by atoms with Gasteiger partial charge in [0.15, 0.2) is 0 Å². The standard InChI is InChI=1S/C13H18ClNO2/c1-9(2)12(16)8-15-13(17)7-10-4-3-5-11(14)6-10/h3-6,9,12,16H,7-8H2,1-2H3,(H,15,17). The minimum absolute atomic E-state index is 0.105. The van der Waals surface area contributed by atoms with Crippen LogP contribution in [0.5, 0.6) is 0 Å². The van der Waals surface area contributed by atoms with E-state index in [1.807, 2.05) is 26.0 Å². The Hall–Kier alpha value is -1.06. The minimum Gasteiger partial charge on any atom is -0.391 e. The van der Waals surface area contributed by atoms with Crippen molar-refractivity contribution in [2.45, 2.75) is 26.4 Å². The molecule has 1 aromatic rings. The number of nitrogens with one attached hydrogen (secondary N) is 1. The molecule has 0 aromatic heterocycles. The summed E-state index contributed by atoms with van der Waals surface area (Å²) in [5.41, 5.74) is 0.869. The summed E-state index contributed by atoms with van der Waals surface area (Å²) in [4.78, 5) is 11.6. The van der Waals surface area contributed by atoms with Crippen LogP contribution in [-0.2, 0) is 11.2 Å². The Labute approximate surface area is 107 Å². The topological polar surface area (TPSA) is 49.3 Å². The van der Waals surface area contributed by atoms with Gasteiger partial charge in [-0.3, -0.25) is 4.79 Å². The molecule has 3 nitrogen and oxygen atoms in total. The van der Waals surface area contributed by atoms with Crippen LogP contribution in [0.1, 0.15) is 19.4 Å². The molecule has 0 radical (unpaired) electrons. The molecule has 94 valence electrons. The Balaban J connectivity index is 2.40. The summed E-state index contributed by atoms with van der Waals surface area (Å²) in [6.07, 6.45) is -0.218. The maximum absolute atomic E-state index is 11.6. The summed E-state index contributed by atoms with van der Waals surface area (Å²) >= 11 is 5.83. The number of amides is 1. The van der Waals surface area contributed by atoms with Crippen LogP contribution < -0.4 is 5.32 Å². The van der Waals surface area contributed by atoms with E-state index in [4.69, 9.17) is 11.6 Å². The fourth-order valence-corrected chi connectivity index (χ4v) is 1.56. The number of rotatable bonds is 5. The maximum atomic E-state index is 11.6. The first-order valence-corrected chi connectivity index (χ1v) is 6.06. The molecule has 2 N–H and O–H groups in total. The third-order valence-electron chi connectivity index (χ3n) is 2.53. The Kier molecular flexibility index (Phi) is 5.45. The number of aliphatic hydroxyl groups excluding tert-OH is 1. The summed E-state index contributed by atoms with van der Waals surface area (Å²) in [5, 5.41) is 12.9. The second kappa shape index (κ2) is 6.62. The van der Waals surface area contributed by atoms with Crippen molar-refractivity contribution in [3.05, 3.63) is 34.9 Å². The number of benzene rings is 1. The van der Waals surface area contributed by atoms with E-state index in [2.05, 4.69) is 5.32 Å². The monoisotopic (exact) mass is 255 g/mol. The molecule has 1 atom stereocenters. The van der Waals surface area contributed by atoms with Crippen LogP contribution in [-0.4, -0.2) is 23.7 Å². The molecule has 0 bridgehead atoms. The highest BCUT2D eigenvalue weighted by atomic mass is 35.5. The van der Waals surface area contributed by atoms with Gasteiger partial charge in [0, 0.05) is 11.6 Å². The molecule has 0 spiro atoms. The molecule has 17 heavy (non-hydrogen) atoms. The minimum atomic E-state index is -0.502. The molecule has 1 amide bonds. The lowest BCUT2D eigenvalue weighted by atomic mass is 10.1. The average Bonchev–Trinajstić information content (AvgIpc) is 2.25. The first-order chi connectivity index (χ1) is 7.99. The van der Waals surface area contributed by atoms with Gasteiger partial charge in [-0.2, -0.15) is 0 Å². The van der Waals surface area contributed by atoms with Crippen molar-refractivity contribution < 1.29 is 9.90 Å². The number of aliphatic hydroxyl groups is 1. The van der Waals surface area contributed by atoms with Gasteiger partial charge in [0.05, 0.1) is 12.5 Å². The average molecular weight is 256 g/mol. The van der Waals surface area contributed by atoms with Gasteiger partial charge >= 0.3 is 0 Å². The van der Waals surface area contributed by atoms with Crippen molar-refractivity contribution >= 4 is 17.5 Å². The van der Waals surface area contributed by atoms with Gasteiger partial charge < -0.3 is 10.4 Å². The highest BCUT2D eigenvalue weighted by Gasteiger charge is 2.10. The lowest BCUT2D eigenvalue weighted by Crippen LogP contribution is -2.35. The van der Waals surface area contributed by atoms with Crippen molar-refractivity contribution in [1.29, 1.82) is 0 Å². The van der Waals surface area contributed by atoms with Crippen molar-refractivity contribution in [1.82, 2.24) is 5.32 Å². The first-order valence-electron chi connectivity index (χ1n) is 5.68. The summed E-state index contributed by atoms with van der Waals surface area (Å²) in [6, 6.07) is 7.20. The number of carbonyl (C=O) groups excluding carboxylic acids is 1. The molecule has 1 rings (SSSR count). The normalized spacial score (nSPS) is 12.5. The highest BCUT2D eigenvalue weighted by molar-refractivity contribution is 6.30. The second-order valence-corrected chi connectivity index (χ2v) is 4.86. The summed E-state index contributed by atoms with van der Waals surface area (Å²) in [5.74, 6) is 0.0356. The van der Waals surface area contributed by atoms with Gasteiger partial charge in [-0.05, 0) is 23.6 Å². The third-order valence-corrected chi connectivity index (χ3v) is 2.77. The third kappa shape index (κ3) is 5.20. The van der Waals surface area contributed by atoms with Gasteiger partial charge in [-0.1, -0.05) is 37.6 Å². The first kappa shape index (κ1) is 14.0. The molecule has 0 saturated carbocycles. The Bertz CT molecular complexity index is 379. The zero-order valence-electron chi connectivity index (χ0n) is 10.1. The Morgan fingerprint density at radius 1 is 1.47 bits per heavy atom. The molecule has 0 aliphatic heterocycles. The number of hydrogen-bond donors (Lipinski definition) is 2. The molecule has 1 unspecified atom stereocenters. The molecule has 0 heterocycles. The lowest BCUT2D eigenvalue weighted by molar-refractivity contribution is -0.121. The fraction of sp³-hybridized carbons (Fsp3) is 0.462. The summed E-state index contributed by atoms with van der Waals surface area (Å²) < 4.78 is 0. The predicted molar refractivity (Wildman–Crippen MR) is 69.0 cm³/mol. The molecular weight excluding hydrogens is 238 g/mol.